The van der Waals surface area contributed by atoms with Gasteiger partial charge in [-0.25, -0.2) is 0 Å². The van der Waals surface area contributed by atoms with Gasteiger partial charge in [0.1, 0.15) is 0 Å². The molecule has 0 aromatic rings. The van der Waals surface area contributed by atoms with Gasteiger partial charge in [-0.2, -0.15) is 0 Å². The molecule has 148 valence electrons. The molecular formula is C18H28O8. The van der Waals surface area contributed by atoms with Crippen molar-refractivity contribution in [3.8, 4) is 0 Å². The lowest BCUT2D eigenvalue weighted by Crippen LogP contribution is -2.46. The molecule has 1 rings (SSSR count). The number of esters is 4. The van der Waals surface area contributed by atoms with Crippen molar-refractivity contribution >= 4 is 23.9 Å². The van der Waals surface area contributed by atoms with E-state index in [0.717, 1.165) is 0 Å². The molecule has 0 aliphatic heterocycles. The maximum atomic E-state index is 12.3. The van der Waals surface area contributed by atoms with Crippen LogP contribution < -0.4 is 0 Å². The van der Waals surface area contributed by atoms with Gasteiger partial charge in [0, 0.05) is 0 Å². The largest absolute Gasteiger partial charge is 0.466 e. The molecule has 1 aliphatic carbocycles. The van der Waals surface area contributed by atoms with E-state index in [4.69, 9.17) is 18.9 Å². The molecule has 0 N–H and O–H groups in total. The van der Waals surface area contributed by atoms with Gasteiger partial charge in [0.05, 0.1) is 50.1 Å². The van der Waals surface area contributed by atoms with E-state index < -0.39 is 47.5 Å². The minimum absolute atomic E-state index is 0.0232. The molecule has 0 aromatic heterocycles. The summed E-state index contributed by atoms with van der Waals surface area (Å²) in [6.45, 7) is 7.22. The highest BCUT2D eigenvalue weighted by molar-refractivity contribution is 5.87. The average molecular weight is 372 g/mol. The Morgan fingerprint density at radius 3 is 0.885 bits per heavy atom. The van der Waals surface area contributed by atoms with E-state index in [9.17, 15) is 19.2 Å². The van der Waals surface area contributed by atoms with Crippen molar-refractivity contribution in [1.29, 1.82) is 0 Å². The fourth-order valence-electron chi connectivity index (χ4n) is 3.24. The van der Waals surface area contributed by atoms with Crippen LogP contribution in [0.3, 0.4) is 0 Å². The van der Waals surface area contributed by atoms with Crippen LogP contribution in [0.2, 0.25) is 0 Å². The Balaban J connectivity index is 3.17. The van der Waals surface area contributed by atoms with Gasteiger partial charge in [-0.15, -0.1) is 0 Å². The van der Waals surface area contributed by atoms with E-state index in [1.165, 1.54) is 0 Å². The molecule has 0 radical (unpaired) electrons. The van der Waals surface area contributed by atoms with Crippen molar-refractivity contribution in [2.24, 2.45) is 23.7 Å². The van der Waals surface area contributed by atoms with Crippen LogP contribution in [-0.2, 0) is 38.1 Å². The van der Waals surface area contributed by atoms with Crippen LogP contribution in [0.1, 0.15) is 40.5 Å². The summed E-state index contributed by atoms with van der Waals surface area (Å²) >= 11 is 0. The summed E-state index contributed by atoms with van der Waals surface area (Å²) in [5.74, 6) is -5.79. The second-order valence-electron chi connectivity index (χ2n) is 5.91. The van der Waals surface area contributed by atoms with Gasteiger partial charge in [0.2, 0.25) is 0 Å². The lowest BCUT2D eigenvalue weighted by Gasteiger charge is -2.36. The molecule has 0 aromatic carbocycles. The second-order valence-corrected chi connectivity index (χ2v) is 5.91. The van der Waals surface area contributed by atoms with Crippen molar-refractivity contribution in [2.75, 3.05) is 26.4 Å². The predicted molar refractivity (Wildman–Crippen MR) is 89.7 cm³/mol. The normalized spacial score (nSPS) is 25.1. The van der Waals surface area contributed by atoms with Crippen LogP contribution in [0.25, 0.3) is 0 Å². The van der Waals surface area contributed by atoms with E-state index >= 15 is 0 Å². The molecule has 0 heterocycles. The molecule has 1 fully saturated rings. The standard InChI is InChI=1S/C18H28O8/c1-5-23-15(19)11-9-13(17(21)25-7-3)14(18(22)26-8-4)10-12(11)16(20)24-6-2/h11-14H,5-10H2,1-4H3/t11-,12-,13-,14+/m1/s1. The monoisotopic (exact) mass is 372 g/mol. The summed E-state index contributed by atoms with van der Waals surface area (Å²) in [7, 11) is 0. The first-order valence-electron chi connectivity index (χ1n) is 9.07. The maximum Gasteiger partial charge on any atom is 0.309 e. The topological polar surface area (TPSA) is 105 Å². The molecule has 26 heavy (non-hydrogen) atoms. The third-order valence-electron chi connectivity index (χ3n) is 4.34. The molecule has 0 amide bonds. The summed E-state index contributed by atoms with van der Waals surface area (Å²) in [5, 5.41) is 0. The summed E-state index contributed by atoms with van der Waals surface area (Å²) in [6, 6.07) is 0. The smallest absolute Gasteiger partial charge is 0.309 e. The van der Waals surface area contributed by atoms with Crippen LogP contribution in [0.15, 0.2) is 0 Å². The lowest BCUT2D eigenvalue weighted by molar-refractivity contribution is -0.175. The van der Waals surface area contributed by atoms with E-state index in [0.29, 0.717) is 0 Å². The fraction of sp³-hybridized carbons (Fsp3) is 0.778. The van der Waals surface area contributed by atoms with E-state index in [1.54, 1.807) is 27.7 Å². The van der Waals surface area contributed by atoms with Crippen molar-refractivity contribution in [3.05, 3.63) is 0 Å². The average Bonchev–Trinajstić information content (AvgIpc) is 2.61. The Hall–Kier alpha value is -2.12. The number of carbonyl (C=O) groups is 4. The van der Waals surface area contributed by atoms with Crippen LogP contribution >= 0.6 is 0 Å². The summed E-state index contributed by atoms with van der Waals surface area (Å²) in [5.41, 5.74) is 0. The Morgan fingerprint density at radius 1 is 0.538 bits per heavy atom. The minimum Gasteiger partial charge on any atom is -0.466 e. The molecule has 8 heteroatoms. The highest BCUT2D eigenvalue weighted by Gasteiger charge is 2.50. The zero-order chi connectivity index (χ0) is 19.7. The number of carbonyl (C=O) groups excluding carboxylic acids is 4. The third kappa shape index (κ3) is 5.44. The molecule has 0 unspecified atom stereocenters. The Kier molecular flexibility index (Phi) is 9.09. The van der Waals surface area contributed by atoms with Gasteiger partial charge in [-0.1, -0.05) is 0 Å². The van der Waals surface area contributed by atoms with Gasteiger partial charge in [0.25, 0.3) is 0 Å². The van der Waals surface area contributed by atoms with Gasteiger partial charge >= 0.3 is 23.9 Å². The van der Waals surface area contributed by atoms with Crippen LogP contribution in [-0.4, -0.2) is 50.3 Å². The van der Waals surface area contributed by atoms with Gasteiger partial charge in [-0.05, 0) is 40.5 Å². The maximum absolute atomic E-state index is 12.3. The number of rotatable bonds is 8. The van der Waals surface area contributed by atoms with Gasteiger partial charge in [0.15, 0.2) is 0 Å². The lowest BCUT2D eigenvalue weighted by atomic mass is 9.68. The first-order chi connectivity index (χ1) is 12.4. The summed E-state index contributed by atoms with van der Waals surface area (Å²) in [6.07, 6.45) is -0.0464. The highest BCUT2D eigenvalue weighted by Crippen LogP contribution is 2.41. The van der Waals surface area contributed by atoms with Crippen molar-refractivity contribution in [3.63, 3.8) is 0 Å². The van der Waals surface area contributed by atoms with E-state index in [-0.39, 0.29) is 39.3 Å². The first kappa shape index (κ1) is 21.9. The first-order valence-corrected chi connectivity index (χ1v) is 9.07. The molecule has 8 nitrogen and oxygen atoms in total. The quantitative estimate of drug-likeness (QED) is 0.466. The zero-order valence-corrected chi connectivity index (χ0v) is 15.8. The van der Waals surface area contributed by atoms with Gasteiger partial charge < -0.3 is 18.9 Å². The molecule has 1 aliphatic rings. The van der Waals surface area contributed by atoms with Crippen LogP contribution in [0.5, 0.6) is 0 Å². The number of ether oxygens (including phenoxy) is 4. The van der Waals surface area contributed by atoms with Gasteiger partial charge in [-0.3, -0.25) is 19.2 Å². The Labute approximate surface area is 153 Å². The van der Waals surface area contributed by atoms with Crippen molar-refractivity contribution < 1.29 is 38.1 Å². The fourth-order valence-corrected chi connectivity index (χ4v) is 3.24. The van der Waals surface area contributed by atoms with Crippen molar-refractivity contribution in [2.45, 2.75) is 40.5 Å². The second kappa shape index (κ2) is 10.8. The van der Waals surface area contributed by atoms with E-state index in [2.05, 4.69) is 0 Å². The van der Waals surface area contributed by atoms with Crippen LogP contribution in [0.4, 0.5) is 0 Å². The number of hydrogen-bond donors (Lipinski definition) is 0. The molecule has 1 saturated carbocycles. The molecular weight excluding hydrogens is 344 g/mol. The summed E-state index contributed by atoms with van der Waals surface area (Å²) < 4.78 is 20.2. The highest BCUT2D eigenvalue weighted by atomic mass is 16.5. The predicted octanol–water partition coefficient (Wildman–Crippen LogP) is 1.50. The number of hydrogen-bond acceptors (Lipinski definition) is 8. The molecule has 0 saturated heterocycles. The molecule has 0 spiro atoms. The summed E-state index contributed by atoms with van der Waals surface area (Å²) in [4.78, 5) is 49.4. The molecule has 4 atom stereocenters. The van der Waals surface area contributed by atoms with Crippen LogP contribution in [0, 0.1) is 23.7 Å². The zero-order valence-electron chi connectivity index (χ0n) is 15.8. The molecule has 0 bridgehead atoms. The third-order valence-corrected chi connectivity index (χ3v) is 4.34. The Bertz CT molecular complexity index is 425. The Morgan fingerprint density at radius 2 is 0.731 bits per heavy atom. The van der Waals surface area contributed by atoms with Crippen molar-refractivity contribution in [1.82, 2.24) is 0 Å². The SMILES string of the molecule is CCOC(=O)[C@H]1C[C@@H](C(=O)OCC)[C@H](C(=O)OCC)C[C@H]1C(=O)OCC. The van der Waals surface area contributed by atoms with E-state index in [1.807, 2.05) is 0 Å². The minimum atomic E-state index is -0.867.